The highest BCUT2D eigenvalue weighted by Crippen LogP contribution is 2.30. The molecule has 2 rings (SSSR count). The van der Waals surface area contributed by atoms with Crippen LogP contribution in [0.5, 0.6) is 0 Å². The first-order chi connectivity index (χ1) is 9.19. The highest BCUT2D eigenvalue weighted by Gasteiger charge is 2.17. The Balaban J connectivity index is 1.81. The van der Waals surface area contributed by atoms with Gasteiger partial charge in [-0.25, -0.2) is 0 Å². The van der Waals surface area contributed by atoms with Crippen LogP contribution in [0.1, 0.15) is 44.6 Å². The number of nitrogens with one attached hydrogen (secondary N) is 1. The molecule has 102 valence electrons. The molecule has 3 heteroatoms. The lowest BCUT2D eigenvalue weighted by Crippen LogP contribution is -2.16. The van der Waals surface area contributed by atoms with E-state index in [9.17, 15) is 0 Å². The van der Waals surface area contributed by atoms with Gasteiger partial charge in [0.15, 0.2) is 0 Å². The lowest BCUT2D eigenvalue weighted by molar-refractivity contribution is 0.282. The number of nitriles is 1. The van der Waals surface area contributed by atoms with E-state index in [0.717, 1.165) is 24.1 Å². The van der Waals surface area contributed by atoms with Gasteiger partial charge in [-0.1, -0.05) is 44.2 Å². The number of rotatable bonds is 4. The minimum atomic E-state index is 0.614. The van der Waals surface area contributed by atoms with Gasteiger partial charge in [-0.15, -0.1) is 0 Å². The molecule has 0 spiro atoms. The van der Waals surface area contributed by atoms with Crippen LogP contribution < -0.4 is 5.32 Å². The molecule has 0 heterocycles. The van der Waals surface area contributed by atoms with Crippen molar-refractivity contribution in [2.45, 2.75) is 39.0 Å². The van der Waals surface area contributed by atoms with Crippen LogP contribution in [0.15, 0.2) is 18.2 Å². The van der Waals surface area contributed by atoms with Crippen LogP contribution >= 0.6 is 11.6 Å². The van der Waals surface area contributed by atoms with E-state index < -0.39 is 0 Å². The van der Waals surface area contributed by atoms with Gasteiger partial charge in [-0.3, -0.25) is 0 Å². The Labute approximate surface area is 120 Å². The highest BCUT2D eigenvalue weighted by atomic mass is 35.5. The number of halogens is 1. The van der Waals surface area contributed by atoms with Gasteiger partial charge in [-0.05, 0) is 36.5 Å². The molecule has 2 nitrogen and oxygen atoms in total. The van der Waals surface area contributed by atoms with Crippen molar-refractivity contribution < 1.29 is 0 Å². The summed E-state index contributed by atoms with van der Waals surface area (Å²) < 4.78 is 0. The Morgan fingerprint density at radius 3 is 2.74 bits per heavy atom. The fourth-order valence-corrected chi connectivity index (χ4v) is 2.96. The number of hydrogen-bond acceptors (Lipinski definition) is 2. The fourth-order valence-electron chi connectivity index (χ4n) is 2.79. The standard InChI is InChI=1S/C16H21ClN2/c1-12-2-4-13(5-3-12)8-9-19-16-7-6-15(17)10-14(16)11-18/h6-7,10,12-13,19H,2-5,8-9H2,1H3. The largest absolute Gasteiger partial charge is 0.384 e. The van der Waals surface area contributed by atoms with E-state index in [1.807, 2.05) is 12.1 Å². The molecule has 0 radical (unpaired) electrons. The number of anilines is 1. The molecule has 0 aromatic heterocycles. The summed E-state index contributed by atoms with van der Waals surface area (Å²) in [5.41, 5.74) is 1.53. The summed E-state index contributed by atoms with van der Waals surface area (Å²) in [4.78, 5) is 0. The lowest BCUT2D eigenvalue weighted by atomic mass is 9.81. The van der Waals surface area contributed by atoms with Gasteiger partial charge in [0.25, 0.3) is 0 Å². The van der Waals surface area contributed by atoms with Crippen LogP contribution in [0.2, 0.25) is 5.02 Å². The third-order valence-corrected chi connectivity index (χ3v) is 4.34. The number of nitrogens with zero attached hydrogens (tertiary/aromatic N) is 1. The topological polar surface area (TPSA) is 35.8 Å². The van der Waals surface area contributed by atoms with Crippen molar-refractivity contribution in [3.05, 3.63) is 28.8 Å². The molecule has 0 aliphatic heterocycles. The molecule has 1 aromatic rings. The minimum absolute atomic E-state index is 0.614. The van der Waals surface area contributed by atoms with Crippen molar-refractivity contribution in [1.29, 1.82) is 5.26 Å². The Morgan fingerprint density at radius 2 is 2.05 bits per heavy atom. The first kappa shape index (κ1) is 14.2. The molecule has 1 fully saturated rings. The van der Waals surface area contributed by atoms with Crippen molar-refractivity contribution in [3.63, 3.8) is 0 Å². The maximum Gasteiger partial charge on any atom is 0.101 e. The van der Waals surface area contributed by atoms with E-state index >= 15 is 0 Å². The average molecular weight is 277 g/mol. The Morgan fingerprint density at radius 1 is 1.32 bits per heavy atom. The lowest BCUT2D eigenvalue weighted by Gasteiger charge is -2.26. The fraction of sp³-hybridized carbons (Fsp3) is 0.562. The molecule has 0 unspecified atom stereocenters. The van der Waals surface area contributed by atoms with Crippen LogP contribution in [0.25, 0.3) is 0 Å². The monoisotopic (exact) mass is 276 g/mol. The third kappa shape index (κ3) is 4.14. The summed E-state index contributed by atoms with van der Waals surface area (Å²) in [5.74, 6) is 1.76. The predicted molar refractivity (Wildman–Crippen MR) is 80.4 cm³/mol. The third-order valence-electron chi connectivity index (χ3n) is 4.11. The zero-order valence-electron chi connectivity index (χ0n) is 11.5. The van der Waals surface area contributed by atoms with E-state index in [1.54, 1.807) is 6.07 Å². The SMILES string of the molecule is CC1CCC(CCNc2ccc(Cl)cc2C#N)CC1. The summed E-state index contributed by atoms with van der Waals surface area (Å²) in [5, 5.41) is 13.1. The van der Waals surface area contributed by atoms with Crippen molar-refractivity contribution in [3.8, 4) is 6.07 Å². The van der Waals surface area contributed by atoms with E-state index in [1.165, 1.54) is 32.1 Å². The second kappa shape index (κ2) is 6.82. The molecule has 19 heavy (non-hydrogen) atoms. The van der Waals surface area contributed by atoms with Gasteiger partial charge >= 0.3 is 0 Å². The first-order valence-corrected chi connectivity index (χ1v) is 7.50. The van der Waals surface area contributed by atoms with Crippen molar-refractivity contribution >= 4 is 17.3 Å². The maximum atomic E-state index is 9.07. The summed E-state index contributed by atoms with van der Waals surface area (Å²) in [6.45, 7) is 3.29. The smallest absolute Gasteiger partial charge is 0.101 e. The summed E-state index contributed by atoms with van der Waals surface area (Å²) in [7, 11) is 0. The zero-order chi connectivity index (χ0) is 13.7. The minimum Gasteiger partial charge on any atom is -0.384 e. The Kier molecular flexibility index (Phi) is 5.10. The summed E-state index contributed by atoms with van der Waals surface area (Å²) in [6, 6.07) is 7.62. The van der Waals surface area contributed by atoms with Gasteiger partial charge in [0.2, 0.25) is 0 Å². The molecule has 1 aromatic carbocycles. The van der Waals surface area contributed by atoms with E-state index in [2.05, 4.69) is 18.3 Å². The van der Waals surface area contributed by atoms with Crippen molar-refractivity contribution in [2.24, 2.45) is 11.8 Å². The van der Waals surface area contributed by atoms with E-state index in [0.29, 0.717) is 10.6 Å². The van der Waals surface area contributed by atoms with Gasteiger partial charge in [0.1, 0.15) is 6.07 Å². The number of hydrogen-bond donors (Lipinski definition) is 1. The van der Waals surface area contributed by atoms with Crippen LogP contribution in [0, 0.1) is 23.2 Å². The molecule has 1 aliphatic rings. The van der Waals surface area contributed by atoms with Gasteiger partial charge in [0, 0.05) is 11.6 Å². The van der Waals surface area contributed by atoms with Crippen LogP contribution in [0.4, 0.5) is 5.69 Å². The van der Waals surface area contributed by atoms with Crippen molar-refractivity contribution in [2.75, 3.05) is 11.9 Å². The van der Waals surface area contributed by atoms with E-state index in [-0.39, 0.29) is 0 Å². The predicted octanol–water partition coefficient (Wildman–Crippen LogP) is 4.84. The summed E-state index contributed by atoms with van der Waals surface area (Å²) >= 11 is 5.89. The van der Waals surface area contributed by atoms with Gasteiger partial charge in [0.05, 0.1) is 11.3 Å². The first-order valence-electron chi connectivity index (χ1n) is 7.12. The second-order valence-electron chi connectivity index (χ2n) is 5.64. The highest BCUT2D eigenvalue weighted by molar-refractivity contribution is 6.30. The molecule has 0 bridgehead atoms. The second-order valence-corrected chi connectivity index (χ2v) is 6.08. The quantitative estimate of drug-likeness (QED) is 0.854. The molecule has 1 N–H and O–H groups in total. The Hall–Kier alpha value is -1.20. The summed E-state index contributed by atoms with van der Waals surface area (Å²) in [6.07, 6.45) is 6.65. The maximum absolute atomic E-state index is 9.07. The van der Waals surface area contributed by atoms with Crippen LogP contribution in [0.3, 0.4) is 0 Å². The molecule has 0 saturated heterocycles. The molecular formula is C16H21ClN2. The molecular weight excluding hydrogens is 256 g/mol. The normalized spacial score (nSPS) is 22.8. The van der Waals surface area contributed by atoms with E-state index in [4.69, 9.17) is 16.9 Å². The average Bonchev–Trinajstić information content (AvgIpc) is 2.42. The van der Waals surface area contributed by atoms with Crippen LogP contribution in [-0.4, -0.2) is 6.54 Å². The molecule has 1 aliphatic carbocycles. The molecule has 0 amide bonds. The molecule has 1 saturated carbocycles. The van der Waals surface area contributed by atoms with Crippen LogP contribution in [-0.2, 0) is 0 Å². The molecule has 0 atom stereocenters. The zero-order valence-corrected chi connectivity index (χ0v) is 12.2. The van der Waals surface area contributed by atoms with Gasteiger partial charge in [-0.2, -0.15) is 5.26 Å². The Bertz CT molecular complexity index is 456. The van der Waals surface area contributed by atoms with Gasteiger partial charge < -0.3 is 5.32 Å². The van der Waals surface area contributed by atoms with Crippen molar-refractivity contribution in [1.82, 2.24) is 0 Å². The number of benzene rings is 1.